The Labute approximate surface area is 103 Å². The molecule has 18 heavy (non-hydrogen) atoms. The van der Waals surface area contributed by atoms with E-state index in [1.165, 1.54) is 13.2 Å². The van der Waals surface area contributed by atoms with Gasteiger partial charge in [0.25, 0.3) is 0 Å². The summed E-state index contributed by atoms with van der Waals surface area (Å²) in [5.41, 5.74) is 1.36. The lowest BCUT2D eigenvalue weighted by Gasteiger charge is -2.02. The van der Waals surface area contributed by atoms with Crippen LogP contribution in [0, 0.1) is 0 Å². The molecule has 2 aromatic rings. The Kier molecular flexibility index (Phi) is 3.52. The minimum atomic E-state index is -0.486. The van der Waals surface area contributed by atoms with E-state index in [9.17, 15) is 9.59 Å². The van der Waals surface area contributed by atoms with Crippen molar-refractivity contribution >= 4 is 5.97 Å². The second-order valence-electron chi connectivity index (χ2n) is 3.71. The molecule has 0 saturated carbocycles. The molecule has 0 unspecified atom stereocenters. The zero-order chi connectivity index (χ0) is 13.0. The van der Waals surface area contributed by atoms with Crippen LogP contribution in [0.15, 0.2) is 41.2 Å². The van der Waals surface area contributed by atoms with Crippen LogP contribution in [-0.2, 0) is 16.0 Å². The fraction of sp³-hybridized carbons (Fsp3) is 0.154. The SMILES string of the molecule is COC(=O)Cc1n[nH]c(-c2ccccc2)cc1=O. The van der Waals surface area contributed by atoms with Gasteiger partial charge < -0.3 is 4.74 Å². The number of hydrogen-bond donors (Lipinski definition) is 1. The number of nitrogens with zero attached hydrogens (tertiary/aromatic N) is 1. The maximum Gasteiger partial charge on any atom is 0.311 e. The van der Waals surface area contributed by atoms with E-state index in [4.69, 9.17) is 0 Å². The number of ether oxygens (including phenoxy) is 1. The number of methoxy groups -OCH3 is 1. The van der Waals surface area contributed by atoms with Crippen molar-refractivity contribution in [2.45, 2.75) is 6.42 Å². The first-order valence-electron chi connectivity index (χ1n) is 5.41. The first-order chi connectivity index (χ1) is 8.70. The molecule has 0 aliphatic heterocycles. The van der Waals surface area contributed by atoms with Crippen molar-refractivity contribution in [3.05, 3.63) is 52.3 Å². The Morgan fingerprint density at radius 2 is 2.06 bits per heavy atom. The zero-order valence-corrected chi connectivity index (χ0v) is 9.84. The van der Waals surface area contributed by atoms with E-state index in [-0.39, 0.29) is 17.5 Å². The molecule has 1 aromatic heterocycles. The van der Waals surface area contributed by atoms with E-state index in [0.717, 1.165) is 5.56 Å². The minimum absolute atomic E-state index is 0.124. The lowest BCUT2D eigenvalue weighted by molar-refractivity contribution is -0.139. The summed E-state index contributed by atoms with van der Waals surface area (Å²) in [5, 5.41) is 6.67. The summed E-state index contributed by atoms with van der Waals surface area (Å²) in [6.45, 7) is 0. The predicted molar refractivity (Wildman–Crippen MR) is 66.0 cm³/mol. The quantitative estimate of drug-likeness (QED) is 0.822. The van der Waals surface area contributed by atoms with Crippen LogP contribution in [0.25, 0.3) is 11.3 Å². The Morgan fingerprint density at radius 1 is 1.33 bits per heavy atom. The van der Waals surface area contributed by atoms with Gasteiger partial charge >= 0.3 is 5.97 Å². The van der Waals surface area contributed by atoms with Crippen LogP contribution in [0.2, 0.25) is 0 Å². The molecule has 5 heteroatoms. The van der Waals surface area contributed by atoms with Gasteiger partial charge in [-0.3, -0.25) is 14.7 Å². The molecule has 5 nitrogen and oxygen atoms in total. The maximum atomic E-state index is 11.8. The first kappa shape index (κ1) is 12.0. The Bertz CT molecular complexity index is 605. The van der Waals surface area contributed by atoms with Crippen molar-refractivity contribution in [1.29, 1.82) is 0 Å². The third-order valence-corrected chi connectivity index (χ3v) is 2.50. The smallest absolute Gasteiger partial charge is 0.311 e. The molecule has 0 saturated heterocycles. The summed E-state index contributed by atoms with van der Waals surface area (Å²) in [6, 6.07) is 10.8. The van der Waals surface area contributed by atoms with E-state index in [1.807, 2.05) is 30.3 Å². The topological polar surface area (TPSA) is 72.0 Å². The van der Waals surface area contributed by atoms with Gasteiger partial charge in [0.2, 0.25) is 5.43 Å². The van der Waals surface area contributed by atoms with Crippen LogP contribution >= 0.6 is 0 Å². The summed E-state index contributed by atoms with van der Waals surface area (Å²) < 4.78 is 4.49. The van der Waals surface area contributed by atoms with Crippen LogP contribution in [0.1, 0.15) is 5.69 Å². The maximum absolute atomic E-state index is 11.8. The highest BCUT2D eigenvalue weighted by molar-refractivity contribution is 5.71. The molecule has 0 radical (unpaired) electrons. The summed E-state index contributed by atoms with van der Waals surface area (Å²) >= 11 is 0. The van der Waals surface area contributed by atoms with Crippen LogP contribution in [0.3, 0.4) is 0 Å². The molecule has 0 spiro atoms. The normalized spacial score (nSPS) is 10.1. The number of esters is 1. The van der Waals surface area contributed by atoms with Crippen LogP contribution in [0.5, 0.6) is 0 Å². The van der Waals surface area contributed by atoms with Crippen molar-refractivity contribution in [2.75, 3.05) is 7.11 Å². The number of carbonyl (C=O) groups is 1. The first-order valence-corrected chi connectivity index (χ1v) is 5.41. The number of carbonyl (C=O) groups excluding carboxylic acids is 1. The number of H-pyrrole nitrogens is 1. The van der Waals surface area contributed by atoms with Gasteiger partial charge in [0.15, 0.2) is 0 Å². The highest BCUT2D eigenvalue weighted by Crippen LogP contribution is 2.13. The second kappa shape index (κ2) is 5.27. The van der Waals surface area contributed by atoms with E-state index in [0.29, 0.717) is 5.69 Å². The number of nitrogens with one attached hydrogen (secondary N) is 1. The fourth-order valence-electron chi connectivity index (χ4n) is 1.53. The minimum Gasteiger partial charge on any atom is -0.469 e. The van der Waals surface area contributed by atoms with Gasteiger partial charge in [-0.2, -0.15) is 5.10 Å². The van der Waals surface area contributed by atoms with E-state index >= 15 is 0 Å². The molecule has 0 aliphatic rings. The summed E-state index contributed by atoms with van der Waals surface area (Å²) in [4.78, 5) is 22.8. The van der Waals surface area contributed by atoms with E-state index in [2.05, 4.69) is 14.9 Å². The monoisotopic (exact) mass is 244 g/mol. The lowest BCUT2D eigenvalue weighted by Crippen LogP contribution is -2.17. The number of benzene rings is 1. The number of aromatic amines is 1. The molecule has 0 aliphatic carbocycles. The Morgan fingerprint density at radius 3 is 2.67 bits per heavy atom. The summed E-state index contributed by atoms with van der Waals surface area (Å²) in [6.07, 6.45) is -0.124. The highest BCUT2D eigenvalue weighted by Gasteiger charge is 2.09. The van der Waals surface area contributed by atoms with Gasteiger partial charge in [0.05, 0.1) is 19.2 Å². The average molecular weight is 244 g/mol. The molecule has 92 valence electrons. The zero-order valence-electron chi connectivity index (χ0n) is 9.84. The molecular formula is C13H12N2O3. The fourth-order valence-corrected chi connectivity index (χ4v) is 1.53. The molecule has 2 rings (SSSR count). The molecule has 0 atom stereocenters. The second-order valence-corrected chi connectivity index (χ2v) is 3.71. The summed E-state index contributed by atoms with van der Waals surface area (Å²) in [5.74, 6) is -0.486. The van der Waals surface area contributed by atoms with Crippen LogP contribution < -0.4 is 5.43 Å². The number of rotatable bonds is 3. The van der Waals surface area contributed by atoms with Gasteiger partial charge in [-0.15, -0.1) is 0 Å². The van der Waals surface area contributed by atoms with Gasteiger partial charge in [-0.1, -0.05) is 30.3 Å². The van der Waals surface area contributed by atoms with Crippen molar-refractivity contribution in [1.82, 2.24) is 10.2 Å². The third-order valence-electron chi connectivity index (χ3n) is 2.50. The van der Waals surface area contributed by atoms with Crippen molar-refractivity contribution < 1.29 is 9.53 Å². The van der Waals surface area contributed by atoms with Gasteiger partial charge in [-0.25, -0.2) is 0 Å². The molecule has 1 aromatic carbocycles. The van der Waals surface area contributed by atoms with Crippen molar-refractivity contribution in [3.8, 4) is 11.3 Å². The predicted octanol–water partition coefficient (Wildman–Crippen LogP) is 1.15. The molecular weight excluding hydrogens is 232 g/mol. The molecule has 0 amide bonds. The van der Waals surface area contributed by atoms with Gasteiger partial charge in [0.1, 0.15) is 5.69 Å². The van der Waals surface area contributed by atoms with Crippen LogP contribution in [0.4, 0.5) is 0 Å². The van der Waals surface area contributed by atoms with Gasteiger partial charge in [-0.05, 0) is 5.56 Å². The molecule has 0 fully saturated rings. The van der Waals surface area contributed by atoms with Gasteiger partial charge in [0, 0.05) is 6.07 Å². The Balaban J connectivity index is 2.31. The van der Waals surface area contributed by atoms with Crippen molar-refractivity contribution in [3.63, 3.8) is 0 Å². The van der Waals surface area contributed by atoms with Crippen LogP contribution in [-0.4, -0.2) is 23.3 Å². The molecule has 0 bridgehead atoms. The number of hydrogen-bond acceptors (Lipinski definition) is 4. The largest absolute Gasteiger partial charge is 0.469 e. The Hall–Kier alpha value is -2.43. The van der Waals surface area contributed by atoms with E-state index < -0.39 is 5.97 Å². The number of aromatic nitrogens is 2. The molecule has 1 N–H and O–H groups in total. The van der Waals surface area contributed by atoms with Crippen molar-refractivity contribution in [2.24, 2.45) is 0 Å². The van der Waals surface area contributed by atoms with E-state index in [1.54, 1.807) is 0 Å². The molecule has 1 heterocycles. The standard InChI is InChI=1S/C13H12N2O3/c1-18-13(17)8-11-12(16)7-10(14-15-11)9-5-3-2-4-6-9/h2-7H,8H2,1H3,(H,14,16). The third kappa shape index (κ3) is 2.63. The highest BCUT2D eigenvalue weighted by atomic mass is 16.5. The lowest BCUT2D eigenvalue weighted by atomic mass is 10.1. The average Bonchev–Trinajstić information content (AvgIpc) is 2.42. The summed E-state index contributed by atoms with van der Waals surface area (Å²) in [7, 11) is 1.27.